The number of rotatable bonds is 8. The Kier molecular flexibility index (Phi) is 7.67. The van der Waals surface area contributed by atoms with Gasteiger partial charge in [-0.05, 0) is 116 Å². The van der Waals surface area contributed by atoms with Crippen molar-refractivity contribution in [2.45, 2.75) is 60.3 Å². The Balaban J connectivity index is 1.61. The maximum atomic E-state index is 2.43. The Morgan fingerprint density at radius 1 is 0.463 bits per heavy atom. The molecule has 0 bridgehead atoms. The van der Waals surface area contributed by atoms with E-state index in [0.29, 0.717) is 11.8 Å². The minimum Gasteiger partial charge on any atom is -0.0625 e. The summed E-state index contributed by atoms with van der Waals surface area (Å²) in [5.41, 5.74) is 10.4. The number of aryl methyl sites for hydroxylation is 3. The van der Waals surface area contributed by atoms with Crippen LogP contribution in [0.15, 0.2) is 103 Å². The van der Waals surface area contributed by atoms with E-state index >= 15 is 0 Å². The highest BCUT2D eigenvalue weighted by molar-refractivity contribution is 6.00. The van der Waals surface area contributed by atoms with E-state index in [2.05, 4.69) is 138 Å². The van der Waals surface area contributed by atoms with Crippen LogP contribution in [-0.2, 0) is 25.7 Å². The first kappa shape index (κ1) is 27.3. The molecule has 6 aromatic carbocycles. The first-order valence-corrected chi connectivity index (χ1v) is 15.4. The van der Waals surface area contributed by atoms with Crippen LogP contribution in [0, 0.1) is 18.8 Å². The summed E-state index contributed by atoms with van der Waals surface area (Å²) in [7, 11) is 0. The summed E-state index contributed by atoms with van der Waals surface area (Å²) in [5.74, 6) is 1.15. The molecule has 0 unspecified atom stereocenters. The van der Waals surface area contributed by atoms with E-state index in [9.17, 15) is 0 Å². The summed E-state index contributed by atoms with van der Waals surface area (Å²) < 4.78 is 0. The predicted molar refractivity (Wildman–Crippen MR) is 180 cm³/mol. The van der Waals surface area contributed by atoms with Crippen molar-refractivity contribution in [3.63, 3.8) is 0 Å². The van der Waals surface area contributed by atoms with Crippen LogP contribution in [0.3, 0.4) is 0 Å². The average molecular weight is 535 g/mol. The summed E-state index contributed by atoms with van der Waals surface area (Å²) >= 11 is 0. The third kappa shape index (κ3) is 5.29. The lowest BCUT2D eigenvalue weighted by atomic mass is 9.79. The van der Waals surface area contributed by atoms with E-state index in [0.717, 1.165) is 25.7 Å². The summed E-state index contributed by atoms with van der Waals surface area (Å²) in [4.78, 5) is 0. The molecule has 0 nitrogen and oxygen atoms in total. The zero-order valence-electron chi connectivity index (χ0n) is 25.3. The molecule has 0 fully saturated rings. The van der Waals surface area contributed by atoms with Gasteiger partial charge in [-0.1, -0.05) is 131 Å². The van der Waals surface area contributed by atoms with Gasteiger partial charge >= 0.3 is 0 Å². The second-order valence-corrected chi connectivity index (χ2v) is 12.6. The molecule has 0 aliphatic carbocycles. The quantitative estimate of drug-likeness (QED) is 0.182. The van der Waals surface area contributed by atoms with E-state index in [4.69, 9.17) is 0 Å². The van der Waals surface area contributed by atoms with Gasteiger partial charge in [0.1, 0.15) is 0 Å². The maximum Gasteiger partial charge on any atom is -0.0110 e. The van der Waals surface area contributed by atoms with Crippen LogP contribution in [0.25, 0.3) is 43.4 Å². The highest BCUT2D eigenvalue weighted by Gasteiger charge is 2.22. The number of hydrogen-bond acceptors (Lipinski definition) is 0. The normalized spacial score (nSPS) is 11.9. The van der Waals surface area contributed by atoms with Crippen LogP contribution < -0.4 is 0 Å². The Morgan fingerprint density at radius 3 is 1.73 bits per heavy atom. The molecular weight excluding hydrogens is 492 g/mol. The standard InChI is InChI=1S/C41H42/c1-27(2)25-39-35-19-9-7-14-32(35)22-24-38(39)41-29(5)33-17-10-11-20-36(33)37(40(41)26-28(3)4)23-21-31-16-12-15-30-13-6-8-18-34(30)31/h6-20,22,24,27-28H,21,23,25-26H2,1-5H3. The Hall–Kier alpha value is -3.90. The van der Waals surface area contributed by atoms with Gasteiger partial charge in [-0.3, -0.25) is 0 Å². The molecule has 0 aromatic heterocycles. The minimum absolute atomic E-state index is 0.569. The van der Waals surface area contributed by atoms with Gasteiger partial charge in [0.15, 0.2) is 0 Å². The Bertz CT molecular complexity index is 1850. The molecule has 0 aliphatic rings. The van der Waals surface area contributed by atoms with Crippen molar-refractivity contribution in [2.75, 3.05) is 0 Å². The van der Waals surface area contributed by atoms with Crippen LogP contribution in [0.1, 0.15) is 55.5 Å². The number of fused-ring (bicyclic) bond motifs is 3. The van der Waals surface area contributed by atoms with E-state index in [1.807, 2.05) is 0 Å². The zero-order valence-corrected chi connectivity index (χ0v) is 25.3. The fourth-order valence-electron chi connectivity index (χ4n) is 7.00. The van der Waals surface area contributed by atoms with Crippen molar-refractivity contribution in [2.24, 2.45) is 11.8 Å². The molecule has 6 aromatic rings. The third-order valence-corrected chi connectivity index (χ3v) is 8.76. The first-order chi connectivity index (χ1) is 19.9. The van der Waals surface area contributed by atoms with Crippen molar-refractivity contribution in [3.05, 3.63) is 131 Å². The van der Waals surface area contributed by atoms with Crippen molar-refractivity contribution in [1.82, 2.24) is 0 Å². The van der Waals surface area contributed by atoms with Crippen LogP contribution in [0.5, 0.6) is 0 Å². The molecule has 0 heteroatoms. The molecule has 0 spiro atoms. The summed E-state index contributed by atoms with van der Waals surface area (Å²) in [5, 5.41) is 8.27. The molecule has 0 aliphatic heterocycles. The van der Waals surface area contributed by atoms with Gasteiger partial charge in [-0.2, -0.15) is 0 Å². The topological polar surface area (TPSA) is 0 Å². The lowest BCUT2D eigenvalue weighted by Gasteiger charge is -2.25. The fourth-order valence-corrected chi connectivity index (χ4v) is 7.00. The van der Waals surface area contributed by atoms with E-state index < -0.39 is 0 Å². The second-order valence-electron chi connectivity index (χ2n) is 12.6. The second kappa shape index (κ2) is 11.5. The average Bonchev–Trinajstić information content (AvgIpc) is 2.97. The molecule has 0 saturated heterocycles. The molecular formula is C41H42. The molecule has 0 radical (unpaired) electrons. The smallest absolute Gasteiger partial charge is 0.0110 e. The fraction of sp³-hybridized carbons (Fsp3) is 0.268. The summed E-state index contributed by atoms with van der Waals surface area (Å²) in [6.45, 7) is 11.8. The number of hydrogen-bond donors (Lipinski definition) is 0. The Labute approximate surface area is 246 Å². The molecule has 0 heterocycles. The van der Waals surface area contributed by atoms with Crippen molar-refractivity contribution >= 4 is 32.3 Å². The molecule has 0 atom stereocenters. The SMILES string of the molecule is Cc1c(-c2ccc3ccccc3c2CC(C)C)c(CC(C)C)c(CCc2cccc3ccccc23)c2ccccc12. The van der Waals surface area contributed by atoms with Gasteiger partial charge in [0.2, 0.25) is 0 Å². The number of benzene rings is 6. The molecule has 206 valence electrons. The van der Waals surface area contributed by atoms with Gasteiger partial charge in [0.05, 0.1) is 0 Å². The zero-order chi connectivity index (χ0) is 28.5. The van der Waals surface area contributed by atoms with Crippen LogP contribution >= 0.6 is 0 Å². The van der Waals surface area contributed by atoms with Crippen LogP contribution in [0.2, 0.25) is 0 Å². The predicted octanol–water partition coefficient (Wildman–Crippen LogP) is 11.3. The van der Waals surface area contributed by atoms with Crippen molar-refractivity contribution in [1.29, 1.82) is 0 Å². The van der Waals surface area contributed by atoms with E-state index in [1.165, 1.54) is 65.7 Å². The van der Waals surface area contributed by atoms with E-state index in [1.54, 1.807) is 5.56 Å². The molecule has 0 saturated carbocycles. The van der Waals surface area contributed by atoms with Crippen LogP contribution in [-0.4, -0.2) is 0 Å². The van der Waals surface area contributed by atoms with E-state index in [-0.39, 0.29) is 0 Å². The highest BCUT2D eigenvalue weighted by Crippen LogP contribution is 2.42. The lowest BCUT2D eigenvalue weighted by Crippen LogP contribution is -2.09. The van der Waals surface area contributed by atoms with Gasteiger partial charge < -0.3 is 0 Å². The summed E-state index contributed by atoms with van der Waals surface area (Å²) in [6, 6.07) is 38.5. The van der Waals surface area contributed by atoms with Crippen molar-refractivity contribution in [3.8, 4) is 11.1 Å². The highest BCUT2D eigenvalue weighted by atomic mass is 14.3. The van der Waals surface area contributed by atoms with Gasteiger partial charge in [-0.15, -0.1) is 0 Å². The summed E-state index contributed by atoms with van der Waals surface area (Å²) in [6.07, 6.45) is 4.24. The van der Waals surface area contributed by atoms with Crippen LogP contribution in [0.4, 0.5) is 0 Å². The minimum atomic E-state index is 0.569. The lowest BCUT2D eigenvalue weighted by molar-refractivity contribution is 0.642. The molecule has 41 heavy (non-hydrogen) atoms. The monoisotopic (exact) mass is 534 g/mol. The first-order valence-electron chi connectivity index (χ1n) is 15.4. The largest absolute Gasteiger partial charge is 0.0625 e. The van der Waals surface area contributed by atoms with Gasteiger partial charge in [0.25, 0.3) is 0 Å². The molecule has 0 amide bonds. The molecule has 6 rings (SSSR count). The Morgan fingerprint density at radius 2 is 1.02 bits per heavy atom. The third-order valence-electron chi connectivity index (χ3n) is 8.76. The van der Waals surface area contributed by atoms with Gasteiger partial charge in [0, 0.05) is 0 Å². The molecule has 0 N–H and O–H groups in total. The van der Waals surface area contributed by atoms with Gasteiger partial charge in [-0.25, -0.2) is 0 Å². The maximum absolute atomic E-state index is 2.43. The van der Waals surface area contributed by atoms with Crippen molar-refractivity contribution < 1.29 is 0 Å².